The Kier molecular flexibility index (Phi) is 3.45. The van der Waals surface area contributed by atoms with Gasteiger partial charge < -0.3 is 10.0 Å². The quantitative estimate of drug-likeness (QED) is 0.794. The van der Waals surface area contributed by atoms with Gasteiger partial charge in [-0.15, -0.1) is 11.3 Å². The van der Waals surface area contributed by atoms with Crippen LogP contribution in [0.5, 0.6) is 0 Å². The lowest BCUT2D eigenvalue weighted by molar-refractivity contribution is 0.0678. The third-order valence-corrected chi connectivity index (χ3v) is 5.01. The van der Waals surface area contributed by atoms with Crippen molar-refractivity contribution in [3.8, 4) is 0 Å². The molecule has 3 aromatic heterocycles. The first-order valence-electron chi connectivity index (χ1n) is 7.44. The lowest BCUT2D eigenvalue weighted by Gasteiger charge is -2.32. The molecular formula is C15H15N5O2S. The van der Waals surface area contributed by atoms with Gasteiger partial charge in [0.15, 0.2) is 0 Å². The SMILES string of the molecule is O=C(O)c1ccnn1C1CCN(c2ncc3sccc3n2)CC1. The Balaban J connectivity index is 1.50. The second-order valence-electron chi connectivity index (χ2n) is 5.52. The van der Waals surface area contributed by atoms with E-state index in [0.717, 1.165) is 42.1 Å². The molecule has 0 saturated carbocycles. The first kappa shape index (κ1) is 14.1. The summed E-state index contributed by atoms with van der Waals surface area (Å²) in [5.41, 5.74) is 1.22. The summed E-state index contributed by atoms with van der Waals surface area (Å²) < 4.78 is 2.72. The lowest BCUT2D eigenvalue weighted by atomic mass is 10.1. The van der Waals surface area contributed by atoms with Gasteiger partial charge in [0.25, 0.3) is 0 Å². The average Bonchev–Trinajstić information content (AvgIpc) is 3.23. The fourth-order valence-electron chi connectivity index (χ4n) is 2.99. The van der Waals surface area contributed by atoms with Crippen molar-refractivity contribution < 1.29 is 9.90 Å². The van der Waals surface area contributed by atoms with Crippen LogP contribution >= 0.6 is 11.3 Å². The van der Waals surface area contributed by atoms with Crippen LogP contribution in [0.15, 0.2) is 29.9 Å². The lowest BCUT2D eigenvalue weighted by Crippen LogP contribution is -2.36. The number of carboxylic acid groups (broad SMARTS) is 1. The number of thiophene rings is 1. The normalized spacial score (nSPS) is 16.1. The largest absolute Gasteiger partial charge is 0.477 e. The molecule has 118 valence electrons. The van der Waals surface area contributed by atoms with Crippen LogP contribution in [0.2, 0.25) is 0 Å². The van der Waals surface area contributed by atoms with E-state index < -0.39 is 5.97 Å². The molecule has 8 heteroatoms. The van der Waals surface area contributed by atoms with Crippen molar-refractivity contribution >= 4 is 33.5 Å². The zero-order valence-electron chi connectivity index (χ0n) is 12.3. The summed E-state index contributed by atoms with van der Waals surface area (Å²) in [6, 6.07) is 3.65. The van der Waals surface area contributed by atoms with Gasteiger partial charge in [-0.3, -0.25) is 4.68 Å². The van der Waals surface area contributed by atoms with Crippen LogP contribution in [0.1, 0.15) is 29.4 Å². The number of hydrogen-bond donors (Lipinski definition) is 1. The molecule has 0 atom stereocenters. The number of piperidine rings is 1. The Bertz CT molecular complexity index is 850. The number of hydrogen-bond acceptors (Lipinski definition) is 6. The van der Waals surface area contributed by atoms with E-state index in [4.69, 9.17) is 0 Å². The zero-order valence-corrected chi connectivity index (χ0v) is 13.1. The number of anilines is 1. The van der Waals surface area contributed by atoms with Crippen molar-refractivity contribution in [2.75, 3.05) is 18.0 Å². The van der Waals surface area contributed by atoms with E-state index >= 15 is 0 Å². The minimum absolute atomic E-state index is 0.109. The van der Waals surface area contributed by atoms with E-state index in [1.807, 2.05) is 17.6 Å². The number of carbonyl (C=O) groups is 1. The van der Waals surface area contributed by atoms with Crippen LogP contribution in [-0.2, 0) is 0 Å². The van der Waals surface area contributed by atoms with Crippen LogP contribution in [0.25, 0.3) is 10.2 Å². The van der Waals surface area contributed by atoms with Crippen molar-refractivity contribution in [2.24, 2.45) is 0 Å². The Hall–Kier alpha value is -2.48. The maximum Gasteiger partial charge on any atom is 0.354 e. The van der Waals surface area contributed by atoms with Crippen molar-refractivity contribution in [3.05, 3.63) is 35.6 Å². The summed E-state index contributed by atoms with van der Waals surface area (Å²) in [6.45, 7) is 1.58. The minimum Gasteiger partial charge on any atom is -0.477 e. The number of carboxylic acids is 1. The second-order valence-corrected chi connectivity index (χ2v) is 6.47. The van der Waals surface area contributed by atoms with Crippen LogP contribution in [0.3, 0.4) is 0 Å². The summed E-state index contributed by atoms with van der Waals surface area (Å²) in [6.07, 6.45) is 5.06. The van der Waals surface area contributed by atoms with Crippen molar-refractivity contribution in [1.29, 1.82) is 0 Å². The number of aromatic nitrogens is 4. The van der Waals surface area contributed by atoms with Crippen LogP contribution < -0.4 is 4.90 Å². The van der Waals surface area contributed by atoms with Crippen molar-refractivity contribution in [2.45, 2.75) is 18.9 Å². The van der Waals surface area contributed by atoms with E-state index in [1.54, 1.807) is 28.3 Å². The molecule has 1 aliphatic rings. The molecule has 7 nitrogen and oxygen atoms in total. The van der Waals surface area contributed by atoms with E-state index in [2.05, 4.69) is 20.0 Å². The topological polar surface area (TPSA) is 84.1 Å². The van der Waals surface area contributed by atoms with Gasteiger partial charge in [0.1, 0.15) is 5.69 Å². The van der Waals surface area contributed by atoms with E-state index in [1.165, 1.54) is 0 Å². The fraction of sp³-hybridized carbons (Fsp3) is 0.333. The molecule has 4 rings (SSSR count). The smallest absolute Gasteiger partial charge is 0.354 e. The van der Waals surface area contributed by atoms with Gasteiger partial charge >= 0.3 is 5.97 Å². The Labute approximate surface area is 136 Å². The monoisotopic (exact) mass is 329 g/mol. The Morgan fingerprint density at radius 1 is 1.30 bits per heavy atom. The fourth-order valence-corrected chi connectivity index (χ4v) is 3.69. The molecule has 3 aromatic rings. The summed E-state index contributed by atoms with van der Waals surface area (Å²) in [4.78, 5) is 22.4. The molecule has 0 unspecified atom stereocenters. The first-order valence-corrected chi connectivity index (χ1v) is 8.32. The molecule has 1 fully saturated rings. The van der Waals surface area contributed by atoms with Gasteiger partial charge in [-0.05, 0) is 30.4 Å². The van der Waals surface area contributed by atoms with Gasteiger partial charge in [0, 0.05) is 19.3 Å². The molecule has 0 aromatic carbocycles. The molecule has 4 heterocycles. The highest BCUT2D eigenvalue weighted by Crippen LogP contribution is 2.27. The highest BCUT2D eigenvalue weighted by molar-refractivity contribution is 7.17. The van der Waals surface area contributed by atoms with Crippen LogP contribution in [-0.4, -0.2) is 43.9 Å². The summed E-state index contributed by atoms with van der Waals surface area (Å²) in [5, 5.41) is 15.4. The van der Waals surface area contributed by atoms with Crippen molar-refractivity contribution in [3.63, 3.8) is 0 Å². The van der Waals surface area contributed by atoms with E-state index in [0.29, 0.717) is 0 Å². The summed E-state index contributed by atoms with van der Waals surface area (Å²) in [7, 11) is 0. The molecule has 23 heavy (non-hydrogen) atoms. The molecule has 1 aliphatic heterocycles. The van der Waals surface area contributed by atoms with Gasteiger partial charge in [-0.25, -0.2) is 14.8 Å². The maximum atomic E-state index is 11.2. The average molecular weight is 329 g/mol. The van der Waals surface area contributed by atoms with E-state index in [9.17, 15) is 9.90 Å². The van der Waals surface area contributed by atoms with E-state index in [-0.39, 0.29) is 11.7 Å². The molecule has 0 spiro atoms. The number of nitrogens with zero attached hydrogens (tertiary/aromatic N) is 5. The maximum absolute atomic E-state index is 11.2. The van der Waals surface area contributed by atoms with Gasteiger partial charge in [0.2, 0.25) is 5.95 Å². The molecule has 0 amide bonds. The van der Waals surface area contributed by atoms with Crippen LogP contribution in [0, 0.1) is 0 Å². The second kappa shape index (κ2) is 5.62. The molecule has 0 aliphatic carbocycles. The number of fused-ring (bicyclic) bond motifs is 1. The minimum atomic E-state index is -0.934. The van der Waals surface area contributed by atoms with Gasteiger partial charge in [0.05, 0.1) is 22.5 Å². The van der Waals surface area contributed by atoms with Crippen LogP contribution in [0.4, 0.5) is 5.95 Å². The third-order valence-electron chi connectivity index (χ3n) is 4.17. The molecule has 1 N–H and O–H groups in total. The third kappa shape index (κ3) is 2.55. The summed E-state index contributed by atoms with van der Waals surface area (Å²) in [5.74, 6) is -0.190. The number of rotatable bonds is 3. The predicted molar refractivity (Wildman–Crippen MR) is 87.1 cm³/mol. The standard InChI is InChI=1S/C15H15N5O2S/c21-14(22)12-1-5-17-20(12)10-2-6-19(7-3-10)15-16-9-13-11(18-15)4-8-23-13/h1,4-5,8-10H,2-3,6-7H2,(H,21,22). The highest BCUT2D eigenvalue weighted by Gasteiger charge is 2.25. The van der Waals surface area contributed by atoms with Gasteiger partial charge in [-0.2, -0.15) is 5.10 Å². The van der Waals surface area contributed by atoms with Crippen molar-refractivity contribution in [1.82, 2.24) is 19.7 Å². The highest BCUT2D eigenvalue weighted by atomic mass is 32.1. The first-order chi connectivity index (χ1) is 11.2. The molecular weight excluding hydrogens is 314 g/mol. The molecule has 0 radical (unpaired) electrons. The Morgan fingerprint density at radius 3 is 2.91 bits per heavy atom. The zero-order chi connectivity index (χ0) is 15.8. The molecule has 0 bridgehead atoms. The molecule has 1 saturated heterocycles. The Morgan fingerprint density at radius 2 is 2.13 bits per heavy atom. The summed E-state index contributed by atoms with van der Waals surface area (Å²) >= 11 is 1.63. The van der Waals surface area contributed by atoms with Gasteiger partial charge in [-0.1, -0.05) is 0 Å². The predicted octanol–water partition coefficient (Wildman–Crippen LogP) is 2.43. The number of aromatic carboxylic acids is 1.